The van der Waals surface area contributed by atoms with Crippen molar-refractivity contribution >= 4 is 23.4 Å². The molecule has 0 aromatic heterocycles. The first-order chi connectivity index (χ1) is 11.0. The third-order valence-corrected chi connectivity index (χ3v) is 3.17. The van der Waals surface area contributed by atoms with Crippen molar-refractivity contribution in [3.63, 3.8) is 0 Å². The van der Waals surface area contributed by atoms with E-state index in [1.165, 1.54) is 6.92 Å². The lowest BCUT2D eigenvalue weighted by Gasteiger charge is -2.13. The highest BCUT2D eigenvalue weighted by molar-refractivity contribution is 5.99. The molecular weight excluding hydrogens is 298 g/mol. The van der Waals surface area contributed by atoms with Gasteiger partial charge in [-0.15, -0.1) is 0 Å². The zero-order valence-corrected chi connectivity index (χ0v) is 13.7. The van der Waals surface area contributed by atoms with Gasteiger partial charge in [-0.3, -0.25) is 14.4 Å². The van der Waals surface area contributed by atoms with Gasteiger partial charge >= 0.3 is 0 Å². The van der Waals surface area contributed by atoms with Crippen LogP contribution in [0.1, 0.15) is 29.3 Å². The number of benzene rings is 1. The summed E-state index contributed by atoms with van der Waals surface area (Å²) < 4.78 is 4.89. The van der Waals surface area contributed by atoms with Gasteiger partial charge in [-0.2, -0.15) is 0 Å². The normalized spacial score (nSPS) is 10.0. The smallest absolute Gasteiger partial charge is 0.251 e. The molecule has 0 saturated carbocycles. The fourth-order valence-corrected chi connectivity index (χ4v) is 1.94. The predicted octanol–water partition coefficient (Wildman–Crippen LogP) is 0.836. The molecule has 1 aromatic carbocycles. The predicted molar refractivity (Wildman–Crippen MR) is 87.3 cm³/mol. The maximum absolute atomic E-state index is 12.1. The molecule has 7 heteroatoms. The molecule has 3 N–H and O–H groups in total. The fourth-order valence-electron chi connectivity index (χ4n) is 1.94. The molecule has 0 heterocycles. The Bertz CT molecular complexity index is 572. The second kappa shape index (κ2) is 9.58. The average Bonchev–Trinajstić information content (AvgIpc) is 2.49. The van der Waals surface area contributed by atoms with Gasteiger partial charge in [0.05, 0.1) is 6.61 Å². The van der Waals surface area contributed by atoms with Crippen LogP contribution in [-0.2, 0) is 14.3 Å². The van der Waals surface area contributed by atoms with Crippen molar-refractivity contribution in [2.45, 2.75) is 20.3 Å². The SMILES string of the molecule is COCCNC(=O)c1cccc(NC(=O)CCNC(C)=O)c1C. The van der Waals surface area contributed by atoms with Crippen LogP contribution in [0.4, 0.5) is 5.69 Å². The number of carbonyl (C=O) groups is 3. The molecule has 0 saturated heterocycles. The second-order valence-corrected chi connectivity index (χ2v) is 5.01. The van der Waals surface area contributed by atoms with Crippen molar-refractivity contribution in [1.29, 1.82) is 0 Å². The van der Waals surface area contributed by atoms with Crippen LogP contribution in [0.2, 0.25) is 0 Å². The van der Waals surface area contributed by atoms with Crippen molar-refractivity contribution in [2.75, 3.05) is 32.1 Å². The molecule has 0 radical (unpaired) electrons. The van der Waals surface area contributed by atoms with Crippen molar-refractivity contribution in [1.82, 2.24) is 10.6 Å². The molecule has 0 aliphatic rings. The molecule has 0 unspecified atom stereocenters. The molecule has 23 heavy (non-hydrogen) atoms. The van der Waals surface area contributed by atoms with E-state index in [9.17, 15) is 14.4 Å². The summed E-state index contributed by atoms with van der Waals surface area (Å²) in [6.07, 6.45) is 0.170. The maximum atomic E-state index is 12.1. The minimum atomic E-state index is -0.223. The largest absolute Gasteiger partial charge is 0.383 e. The quantitative estimate of drug-likeness (QED) is 0.618. The minimum Gasteiger partial charge on any atom is -0.383 e. The van der Waals surface area contributed by atoms with Crippen LogP contribution in [-0.4, -0.2) is 44.5 Å². The Hall–Kier alpha value is -2.41. The lowest BCUT2D eigenvalue weighted by atomic mass is 10.1. The van der Waals surface area contributed by atoms with Crippen molar-refractivity contribution < 1.29 is 19.1 Å². The number of hydrogen-bond acceptors (Lipinski definition) is 4. The summed E-state index contributed by atoms with van der Waals surface area (Å²) in [4.78, 5) is 34.7. The molecule has 0 atom stereocenters. The Morgan fingerprint density at radius 1 is 1.13 bits per heavy atom. The van der Waals surface area contributed by atoms with Gasteiger partial charge in [-0.05, 0) is 24.6 Å². The lowest BCUT2D eigenvalue weighted by molar-refractivity contribution is -0.119. The van der Waals surface area contributed by atoms with Crippen LogP contribution in [0.15, 0.2) is 18.2 Å². The fraction of sp³-hybridized carbons (Fsp3) is 0.438. The van der Waals surface area contributed by atoms with E-state index in [1.54, 1.807) is 32.2 Å². The third kappa shape index (κ3) is 6.48. The van der Waals surface area contributed by atoms with Crippen LogP contribution in [0, 0.1) is 6.92 Å². The first-order valence-electron chi connectivity index (χ1n) is 7.36. The Morgan fingerprint density at radius 2 is 1.87 bits per heavy atom. The minimum absolute atomic E-state index is 0.170. The second-order valence-electron chi connectivity index (χ2n) is 5.01. The van der Waals surface area contributed by atoms with E-state index in [0.29, 0.717) is 30.0 Å². The number of amides is 3. The summed E-state index contributed by atoms with van der Waals surface area (Å²) in [5.41, 5.74) is 1.77. The first kappa shape index (κ1) is 18.6. The third-order valence-electron chi connectivity index (χ3n) is 3.17. The van der Waals surface area contributed by atoms with E-state index in [4.69, 9.17) is 4.74 Å². The van der Waals surface area contributed by atoms with Gasteiger partial charge in [0.2, 0.25) is 11.8 Å². The highest BCUT2D eigenvalue weighted by Gasteiger charge is 2.12. The van der Waals surface area contributed by atoms with E-state index < -0.39 is 0 Å². The molecule has 0 aliphatic carbocycles. The van der Waals surface area contributed by atoms with E-state index in [0.717, 1.165) is 0 Å². The van der Waals surface area contributed by atoms with Crippen molar-refractivity contribution in [3.8, 4) is 0 Å². The molecule has 3 amide bonds. The molecule has 1 rings (SSSR count). The van der Waals surface area contributed by atoms with E-state index >= 15 is 0 Å². The van der Waals surface area contributed by atoms with Gasteiger partial charge in [0.25, 0.3) is 5.91 Å². The number of rotatable bonds is 8. The monoisotopic (exact) mass is 321 g/mol. The number of nitrogens with one attached hydrogen (secondary N) is 3. The van der Waals surface area contributed by atoms with Crippen LogP contribution in [0.3, 0.4) is 0 Å². The summed E-state index contributed by atoms with van der Waals surface area (Å²) in [7, 11) is 1.56. The first-order valence-corrected chi connectivity index (χ1v) is 7.36. The summed E-state index contributed by atoms with van der Waals surface area (Å²) in [5, 5.41) is 8.05. The van der Waals surface area contributed by atoms with E-state index in [-0.39, 0.29) is 30.7 Å². The number of ether oxygens (including phenoxy) is 1. The Kier molecular flexibility index (Phi) is 7.76. The maximum Gasteiger partial charge on any atom is 0.251 e. The molecule has 7 nitrogen and oxygen atoms in total. The molecular formula is C16H23N3O4. The van der Waals surface area contributed by atoms with Gasteiger partial charge in [0, 0.05) is 44.8 Å². The van der Waals surface area contributed by atoms with Crippen molar-refractivity contribution in [2.24, 2.45) is 0 Å². The highest BCUT2D eigenvalue weighted by atomic mass is 16.5. The Morgan fingerprint density at radius 3 is 2.52 bits per heavy atom. The molecule has 0 aliphatic heterocycles. The van der Waals surface area contributed by atoms with Crippen LogP contribution in [0.5, 0.6) is 0 Å². The molecule has 0 fully saturated rings. The zero-order chi connectivity index (χ0) is 17.2. The van der Waals surface area contributed by atoms with Gasteiger partial charge in [-0.1, -0.05) is 6.07 Å². The Labute approximate surface area is 135 Å². The van der Waals surface area contributed by atoms with E-state index in [1.807, 2.05) is 0 Å². The topological polar surface area (TPSA) is 96.5 Å². The van der Waals surface area contributed by atoms with Gasteiger partial charge < -0.3 is 20.7 Å². The average molecular weight is 321 g/mol. The lowest BCUT2D eigenvalue weighted by Crippen LogP contribution is -2.28. The van der Waals surface area contributed by atoms with Crippen LogP contribution >= 0.6 is 0 Å². The molecule has 1 aromatic rings. The molecule has 126 valence electrons. The van der Waals surface area contributed by atoms with Crippen LogP contribution < -0.4 is 16.0 Å². The summed E-state index contributed by atoms with van der Waals surface area (Å²) >= 11 is 0. The number of carbonyl (C=O) groups excluding carboxylic acids is 3. The van der Waals surface area contributed by atoms with Crippen molar-refractivity contribution in [3.05, 3.63) is 29.3 Å². The standard InChI is InChI=1S/C16H23N3O4/c1-11-13(16(22)18-9-10-23-3)5-4-6-14(11)19-15(21)7-8-17-12(2)20/h4-6H,7-10H2,1-3H3,(H,17,20)(H,18,22)(H,19,21). The summed E-state index contributed by atoms with van der Waals surface area (Å²) in [5.74, 6) is -0.614. The number of methoxy groups -OCH3 is 1. The zero-order valence-electron chi connectivity index (χ0n) is 13.7. The van der Waals surface area contributed by atoms with Gasteiger partial charge in [-0.25, -0.2) is 0 Å². The van der Waals surface area contributed by atoms with Gasteiger partial charge in [0.1, 0.15) is 0 Å². The molecule has 0 bridgehead atoms. The number of hydrogen-bond donors (Lipinski definition) is 3. The Balaban J connectivity index is 2.66. The van der Waals surface area contributed by atoms with E-state index in [2.05, 4.69) is 16.0 Å². The number of anilines is 1. The molecule has 0 spiro atoms. The summed E-state index contributed by atoms with van der Waals surface area (Å²) in [6.45, 7) is 4.30. The van der Waals surface area contributed by atoms with Crippen LogP contribution in [0.25, 0.3) is 0 Å². The van der Waals surface area contributed by atoms with Gasteiger partial charge in [0.15, 0.2) is 0 Å². The summed E-state index contributed by atoms with van der Waals surface area (Å²) in [6, 6.07) is 5.14. The highest BCUT2D eigenvalue weighted by Crippen LogP contribution is 2.19.